The molecule has 2 aromatic rings. The summed E-state index contributed by atoms with van der Waals surface area (Å²) in [6, 6.07) is 14.9. The Morgan fingerprint density at radius 1 is 0.829 bits per heavy atom. The molecule has 0 aliphatic rings. The zero-order valence-corrected chi connectivity index (χ0v) is 20.6. The molecule has 0 atom stereocenters. The van der Waals surface area contributed by atoms with Crippen molar-refractivity contribution in [3.05, 3.63) is 70.6 Å². The highest BCUT2D eigenvalue weighted by Crippen LogP contribution is 2.29. The van der Waals surface area contributed by atoms with E-state index in [0.717, 1.165) is 19.1 Å². The van der Waals surface area contributed by atoms with Gasteiger partial charge in [-0.2, -0.15) is 0 Å². The Kier molecular flexibility index (Phi) is 11.1. The number of sulfone groups is 1. The molecule has 0 heterocycles. The Bertz CT molecular complexity index is 1130. The van der Waals surface area contributed by atoms with Crippen molar-refractivity contribution in [3.63, 3.8) is 0 Å². The third kappa shape index (κ3) is 9.32. The van der Waals surface area contributed by atoms with E-state index in [-0.39, 0.29) is 30.3 Å². The van der Waals surface area contributed by atoms with Gasteiger partial charge in [0.25, 0.3) is 0 Å². The van der Waals surface area contributed by atoms with E-state index in [9.17, 15) is 22.9 Å². The molecule has 2 aromatic carbocycles. The summed E-state index contributed by atoms with van der Waals surface area (Å²) in [5, 5.41) is 2.34. The predicted octanol–water partition coefficient (Wildman–Crippen LogP) is 4.37. The van der Waals surface area contributed by atoms with E-state index in [2.05, 4.69) is 10.2 Å². The maximum Gasteiger partial charge on any atom is 0.339 e. The standard InChI is InChI=1S/C25H29NO8S/c1-19(27)33-18-23(20-12-14-22(15-13-20)35(2,30)31)24(21-10-6-5-7-11-21)25(28)32-16-8-3-4-9-17-34-26-29/h5-7,10-15H,3-4,8-9,16-18H2,1-2H3/b24-23+. The van der Waals surface area contributed by atoms with E-state index < -0.39 is 21.8 Å². The summed E-state index contributed by atoms with van der Waals surface area (Å²) in [7, 11) is -3.41. The number of rotatable bonds is 14. The van der Waals surface area contributed by atoms with Crippen molar-refractivity contribution < 1.29 is 32.3 Å². The quantitative estimate of drug-likeness (QED) is 0.0929. The SMILES string of the molecule is CC(=O)OC/C(=C(\C(=O)OCCCCCCON=O)c1ccccc1)c1ccc(S(C)(=O)=O)cc1. The second kappa shape index (κ2) is 14.0. The van der Waals surface area contributed by atoms with Gasteiger partial charge in [-0.3, -0.25) is 4.79 Å². The van der Waals surface area contributed by atoms with Crippen LogP contribution in [-0.2, 0) is 33.7 Å². The summed E-state index contributed by atoms with van der Waals surface area (Å²) in [5.41, 5.74) is 1.72. The molecule has 188 valence electrons. The van der Waals surface area contributed by atoms with Crippen molar-refractivity contribution in [2.45, 2.75) is 37.5 Å². The molecule has 0 aromatic heterocycles. The summed E-state index contributed by atoms with van der Waals surface area (Å²) in [5.74, 6) is -1.11. The van der Waals surface area contributed by atoms with Crippen LogP contribution in [0.5, 0.6) is 0 Å². The van der Waals surface area contributed by atoms with Crippen LogP contribution in [-0.4, -0.2) is 46.4 Å². The van der Waals surface area contributed by atoms with Crippen molar-refractivity contribution in [2.75, 3.05) is 26.1 Å². The number of hydrogen-bond acceptors (Lipinski definition) is 9. The van der Waals surface area contributed by atoms with Gasteiger partial charge < -0.3 is 14.3 Å². The molecule has 35 heavy (non-hydrogen) atoms. The smallest absolute Gasteiger partial charge is 0.339 e. The number of esters is 2. The van der Waals surface area contributed by atoms with Crippen LogP contribution in [0.25, 0.3) is 11.1 Å². The van der Waals surface area contributed by atoms with E-state index in [1.165, 1.54) is 19.1 Å². The molecule has 0 N–H and O–H groups in total. The first-order valence-corrected chi connectivity index (χ1v) is 13.0. The minimum absolute atomic E-state index is 0.131. The van der Waals surface area contributed by atoms with Crippen LogP contribution in [0.2, 0.25) is 0 Å². The first kappa shape index (κ1) is 27.7. The van der Waals surface area contributed by atoms with Gasteiger partial charge in [0.2, 0.25) is 0 Å². The topological polar surface area (TPSA) is 125 Å². The molecule has 2 rings (SSSR count). The molecule has 0 fully saturated rings. The Morgan fingerprint density at radius 3 is 2.03 bits per heavy atom. The molecule has 0 spiro atoms. The lowest BCUT2D eigenvalue weighted by Crippen LogP contribution is -2.14. The molecule has 0 saturated heterocycles. The highest BCUT2D eigenvalue weighted by atomic mass is 32.2. The fourth-order valence-corrected chi connectivity index (χ4v) is 3.92. The predicted molar refractivity (Wildman–Crippen MR) is 131 cm³/mol. The molecule has 0 aliphatic heterocycles. The zero-order valence-electron chi connectivity index (χ0n) is 19.8. The number of hydrogen-bond donors (Lipinski definition) is 0. The molecule has 0 saturated carbocycles. The zero-order chi connectivity index (χ0) is 25.7. The second-order valence-electron chi connectivity index (χ2n) is 7.75. The first-order valence-electron chi connectivity index (χ1n) is 11.1. The van der Waals surface area contributed by atoms with E-state index >= 15 is 0 Å². The van der Waals surface area contributed by atoms with Gasteiger partial charge in [-0.1, -0.05) is 42.5 Å². The van der Waals surface area contributed by atoms with Gasteiger partial charge in [-0.05, 0) is 48.9 Å². The number of benzene rings is 2. The van der Waals surface area contributed by atoms with Gasteiger partial charge in [0.15, 0.2) is 15.2 Å². The van der Waals surface area contributed by atoms with E-state index in [4.69, 9.17) is 9.47 Å². The van der Waals surface area contributed by atoms with Gasteiger partial charge in [0.1, 0.15) is 13.2 Å². The van der Waals surface area contributed by atoms with Crippen molar-refractivity contribution in [1.29, 1.82) is 0 Å². The van der Waals surface area contributed by atoms with Crippen LogP contribution < -0.4 is 0 Å². The molecule has 0 amide bonds. The van der Waals surface area contributed by atoms with Crippen LogP contribution in [0.15, 0.2) is 64.8 Å². The summed E-state index contributed by atoms with van der Waals surface area (Å²) in [6.07, 6.45) is 3.96. The lowest BCUT2D eigenvalue weighted by atomic mass is 9.95. The summed E-state index contributed by atoms with van der Waals surface area (Å²) in [6.45, 7) is 1.50. The molecular formula is C25H29NO8S. The molecule has 10 heteroatoms. The highest BCUT2D eigenvalue weighted by Gasteiger charge is 2.22. The molecular weight excluding hydrogens is 474 g/mol. The third-order valence-corrected chi connectivity index (χ3v) is 6.16. The molecule has 0 unspecified atom stereocenters. The Morgan fingerprint density at radius 2 is 1.46 bits per heavy atom. The number of unbranched alkanes of at least 4 members (excludes halogenated alkanes) is 3. The van der Waals surface area contributed by atoms with Crippen LogP contribution in [0.4, 0.5) is 0 Å². The maximum atomic E-state index is 13.2. The van der Waals surface area contributed by atoms with Crippen molar-refractivity contribution >= 4 is 32.9 Å². The Labute approximate surface area is 204 Å². The lowest BCUT2D eigenvalue weighted by Gasteiger charge is -2.16. The van der Waals surface area contributed by atoms with Crippen LogP contribution in [0.3, 0.4) is 0 Å². The van der Waals surface area contributed by atoms with E-state index in [1.807, 2.05) is 6.07 Å². The van der Waals surface area contributed by atoms with Crippen LogP contribution in [0, 0.1) is 4.91 Å². The number of ether oxygens (including phenoxy) is 2. The minimum atomic E-state index is -3.41. The number of nitrogens with zero attached hydrogens (tertiary/aromatic N) is 1. The van der Waals surface area contributed by atoms with Gasteiger partial charge in [-0.25, -0.2) is 13.2 Å². The monoisotopic (exact) mass is 503 g/mol. The van der Waals surface area contributed by atoms with Gasteiger partial charge in [-0.15, -0.1) is 4.91 Å². The van der Waals surface area contributed by atoms with Crippen LogP contribution in [0.1, 0.15) is 43.7 Å². The first-order chi connectivity index (χ1) is 16.7. The number of carbonyl (C=O) groups excluding carboxylic acids is 2. The van der Waals surface area contributed by atoms with Gasteiger partial charge in [0, 0.05) is 18.8 Å². The molecule has 0 aliphatic carbocycles. The fraction of sp³-hybridized carbons (Fsp3) is 0.360. The largest absolute Gasteiger partial charge is 0.462 e. The Balaban J connectivity index is 2.33. The van der Waals surface area contributed by atoms with E-state index in [1.54, 1.807) is 36.4 Å². The van der Waals surface area contributed by atoms with Crippen LogP contribution >= 0.6 is 0 Å². The molecule has 9 nitrogen and oxygen atoms in total. The highest BCUT2D eigenvalue weighted by molar-refractivity contribution is 7.90. The Hall–Kier alpha value is -3.53. The average Bonchev–Trinajstić information content (AvgIpc) is 2.83. The lowest BCUT2D eigenvalue weighted by molar-refractivity contribution is -0.140. The summed E-state index contributed by atoms with van der Waals surface area (Å²) in [4.78, 5) is 39.2. The number of carbonyl (C=O) groups is 2. The van der Waals surface area contributed by atoms with Gasteiger partial charge in [0.05, 0.1) is 17.1 Å². The second-order valence-corrected chi connectivity index (χ2v) is 9.77. The summed E-state index contributed by atoms with van der Waals surface area (Å²) >= 11 is 0. The van der Waals surface area contributed by atoms with Crippen molar-refractivity contribution in [3.8, 4) is 0 Å². The molecule has 0 radical (unpaired) electrons. The molecule has 0 bridgehead atoms. The van der Waals surface area contributed by atoms with Crippen molar-refractivity contribution in [2.24, 2.45) is 5.34 Å². The van der Waals surface area contributed by atoms with Gasteiger partial charge >= 0.3 is 11.9 Å². The normalized spacial score (nSPS) is 11.8. The van der Waals surface area contributed by atoms with Crippen molar-refractivity contribution in [1.82, 2.24) is 0 Å². The minimum Gasteiger partial charge on any atom is -0.462 e. The average molecular weight is 504 g/mol. The third-order valence-electron chi connectivity index (χ3n) is 5.03. The van der Waals surface area contributed by atoms with E-state index in [0.29, 0.717) is 29.5 Å². The maximum absolute atomic E-state index is 13.2. The summed E-state index contributed by atoms with van der Waals surface area (Å²) < 4.78 is 34.5. The fourth-order valence-electron chi connectivity index (χ4n) is 3.29.